The van der Waals surface area contributed by atoms with Crippen LogP contribution in [0.15, 0.2) is 48.5 Å². The van der Waals surface area contributed by atoms with Gasteiger partial charge in [-0.25, -0.2) is 0 Å². The first-order chi connectivity index (χ1) is 13.8. The monoisotopic (exact) mass is 403 g/mol. The van der Waals surface area contributed by atoms with Crippen LogP contribution in [-0.4, -0.2) is 35.8 Å². The molecule has 0 unspecified atom stereocenters. The van der Waals surface area contributed by atoms with Gasteiger partial charge in [0.15, 0.2) is 0 Å². The van der Waals surface area contributed by atoms with Gasteiger partial charge in [0.2, 0.25) is 11.8 Å². The molecule has 29 heavy (non-hydrogen) atoms. The SMILES string of the molecule is CC(=O)Nc1cccc(OC(F)F)c1[C@H]1NC(=O)CN(Cc2ccccc2)C1=O. The first kappa shape index (κ1) is 20.2. The Bertz CT molecular complexity index is 921. The van der Waals surface area contributed by atoms with Gasteiger partial charge in [0.05, 0.1) is 12.2 Å². The molecule has 3 rings (SSSR count). The molecule has 0 aromatic heterocycles. The van der Waals surface area contributed by atoms with E-state index in [1.54, 1.807) is 0 Å². The second-order valence-corrected chi connectivity index (χ2v) is 6.46. The summed E-state index contributed by atoms with van der Waals surface area (Å²) in [6.07, 6.45) is 0. The van der Waals surface area contributed by atoms with Gasteiger partial charge in [-0.15, -0.1) is 0 Å². The van der Waals surface area contributed by atoms with Crippen molar-refractivity contribution in [1.82, 2.24) is 10.2 Å². The minimum absolute atomic E-state index is 0.0286. The van der Waals surface area contributed by atoms with Crippen LogP contribution in [0.1, 0.15) is 24.1 Å². The third-order valence-electron chi connectivity index (χ3n) is 4.30. The van der Waals surface area contributed by atoms with E-state index in [0.29, 0.717) is 0 Å². The zero-order valence-corrected chi connectivity index (χ0v) is 15.5. The van der Waals surface area contributed by atoms with Gasteiger partial charge in [0.1, 0.15) is 11.8 Å². The molecule has 0 saturated carbocycles. The van der Waals surface area contributed by atoms with Gasteiger partial charge in [-0.2, -0.15) is 8.78 Å². The number of ether oxygens (including phenoxy) is 1. The minimum Gasteiger partial charge on any atom is -0.434 e. The number of anilines is 1. The Balaban J connectivity index is 1.99. The summed E-state index contributed by atoms with van der Waals surface area (Å²) in [4.78, 5) is 38.3. The number of halogens is 2. The van der Waals surface area contributed by atoms with E-state index in [-0.39, 0.29) is 30.1 Å². The van der Waals surface area contributed by atoms with Crippen LogP contribution in [0.5, 0.6) is 5.75 Å². The van der Waals surface area contributed by atoms with Crippen LogP contribution in [0.3, 0.4) is 0 Å². The van der Waals surface area contributed by atoms with Crippen LogP contribution < -0.4 is 15.4 Å². The van der Waals surface area contributed by atoms with Crippen LogP contribution in [0.4, 0.5) is 14.5 Å². The van der Waals surface area contributed by atoms with Crippen molar-refractivity contribution in [2.45, 2.75) is 26.1 Å². The lowest BCUT2D eigenvalue weighted by molar-refractivity contribution is -0.145. The molecule has 1 heterocycles. The third kappa shape index (κ3) is 4.87. The number of benzene rings is 2. The highest BCUT2D eigenvalue weighted by Gasteiger charge is 2.37. The molecule has 1 fully saturated rings. The Labute approximate surface area is 165 Å². The average molecular weight is 403 g/mol. The molecule has 2 N–H and O–H groups in total. The van der Waals surface area contributed by atoms with Crippen LogP contribution in [0, 0.1) is 0 Å². The number of alkyl halides is 2. The van der Waals surface area contributed by atoms with E-state index in [0.717, 1.165) is 5.56 Å². The minimum atomic E-state index is -3.14. The van der Waals surface area contributed by atoms with Crippen LogP contribution >= 0.6 is 0 Å². The van der Waals surface area contributed by atoms with Crippen molar-refractivity contribution in [1.29, 1.82) is 0 Å². The molecule has 1 saturated heterocycles. The van der Waals surface area contributed by atoms with Crippen LogP contribution in [-0.2, 0) is 20.9 Å². The first-order valence-corrected chi connectivity index (χ1v) is 8.82. The van der Waals surface area contributed by atoms with E-state index in [9.17, 15) is 23.2 Å². The van der Waals surface area contributed by atoms with Gasteiger partial charge >= 0.3 is 6.61 Å². The van der Waals surface area contributed by atoms with Gasteiger partial charge in [0.25, 0.3) is 5.91 Å². The van der Waals surface area contributed by atoms with E-state index in [2.05, 4.69) is 15.4 Å². The lowest BCUT2D eigenvalue weighted by atomic mass is 9.99. The zero-order chi connectivity index (χ0) is 21.0. The second kappa shape index (κ2) is 8.68. The van der Waals surface area contributed by atoms with Crippen molar-refractivity contribution in [3.05, 3.63) is 59.7 Å². The predicted molar refractivity (Wildman–Crippen MR) is 100 cm³/mol. The maximum Gasteiger partial charge on any atom is 0.387 e. The number of carbonyl (C=O) groups is 3. The van der Waals surface area contributed by atoms with E-state index < -0.39 is 30.4 Å². The third-order valence-corrected chi connectivity index (χ3v) is 4.30. The maximum atomic E-state index is 13.1. The molecule has 152 valence electrons. The van der Waals surface area contributed by atoms with Crippen molar-refractivity contribution < 1.29 is 27.9 Å². The molecule has 0 radical (unpaired) electrons. The van der Waals surface area contributed by atoms with E-state index >= 15 is 0 Å². The number of rotatable bonds is 6. The fourth-order valence-electron chi connectivity index (χ4n) is 3.17. The van der Waals surface area contributed by atoms with Crippen molar-refractivity contribution >= 4 is 23.4 Å². The normalized spacial score (nSPS) is 16.6. The summed E-state index contributed by atoms with van der Waals surface area (Å²) in [5.41, 5.74) is 0.892. The number of carbonyl (C=O) groups excluding carboxylic acids is 3. The van der Waals surface area contributed by atoms with Crippen molar-refractivity contribution in [2.24, 2.45) is 0 Å². The van der Waals surface area contributed by atoms with E-state index in [1.807, 2.05) is 30.3 Å². The molecular weight excluding hydrogens is 384 g/mol. The summed E-state index contributed by atoms with van der Waals surface area (Å²) in [5.74, 6) is -1.71. The van der Waals surface area contributed by atoms with Crippen molar-refractivity contribution in [3.8, 4) is 5.75 Å². The molecule has 1 atom stereocenters. The lowest BCUT2D eigenvalue weighted by Gasteiger charge is -2.34. The van der Waals surface area contributed by atoms with Gasteiger partial charge in [-0.05, 0) is 17.7 Å². The molecule has 0 aliphatic carbocycles. The molecule has 9 heteroatoms. The molecule has 3 amide bonds. The summed E-state index contributed by atoms with van der Waals surface area (Å²) < 4.78 is 30.4. The van der Waals surface area contributed by atoms with Gasteiger partial charge in [-0.3, -0.25) is 14.4 Å². The van der Waals surface area contributed by atoms with Gasteiger partial charge in [-0.1, -0.05) is 36.4 Å². The quantitative estimate of drug-likeness (QED) is 0.776. The lowest BCUT2D eigenvalue weighted by Crippen LogP contribution is -2.53. The Morgan fingerprint density at radius 1 is 1.21 bits per heavy atom. The molecule has 0 bridgehead atoms. The van der Waals surface area contributed by atoms with Gasteiger partial charge < -0.3 is 20.3 Å². The summed E-state index contributed by atoms with van der Waals surface area (Å²) in [6.45, 7) is -1.89. The maximum absolute atomic E-state index is 13.1. The Hall–Kier alpha value is -3.49. The molecule has 2 aromatic carbocycles. The van der Waals surface area contributed by atoms with Crippen LogP contribution in [0.2, 0.25) is 0 Å². The van der Waals surface area contributed by atoms with Crippen molar-refractivity contribution in [3.63, 3.8) is 0 Å². The Kier molecular flexibility index (Phi) is 6.06. The van der Waals surface area contributed by atoms with Gasteiger partial charge in [0, 0.05) is 19.0 Å². The standard InChI is InChI=1S/C20H19F2N3O4/c1-12(26)23-14-8-5-9-15(29-20(21)22)17(14)18-19(28)25(11-16(27)24-18)10-13-6-3-2-4-7-13/h2-9,18,20H,10-11H2,1H3,(H,23,26)(H,24,27)/t18-/m1/s1. The number of hydrogen-bond donors (Lipinski definition) is 2. The molecule has 1 aliphatic rings. The highest BCUT2D eigenvalue weighted by atomic mass is 19.3. The average Bonchev–Trinajstić information content (AvgIpc) is 2.65. The zero-order valence-electron chi connectivity index (χ0n) is 15.5. The molecule has 7 nitrogen and oxygen atoms in total. The molecule has 0 spiro atoms. The highest BCUT2D eigenvalue weighted by molar-refractivity contribution is 5.98. The Morgan fingerprint density at radius 2 is 1.93 bits per heavy atom. The second-order valence-electron chi connectivity index (χ2n) is 6.46. The number of hydrogen-bond acceptors (Lipinski definition) is 4. The number of nitrogens with zero attached hydrogens (tertiary/aromatic N) is 1. The summed E-state index contributed by atoms with van der Waals surface area (Å²) >= 11 is 0. The smallest absolute Gasteiger partial charge is 0.387 e. The molecule has 1 aliphatic heterocycles. The van der Waals surface area contributed by atoms with Crippen molar-refractivity contribution in [2.75, 3.05) is 11.9 Å². The first-order valence-electron chi connectivity index (χ1n) is 8.82. The number of nitrogens with one attached hydrogen (secondary N) is 2. The summed E-state index contributed by atoms with van der Waals surface area (Å²) in [7, 11) is 0. The molecule has 2 aromatic rings. The molecular formula is C20H19F2N3O4. The number of amides is 3. The van der Waals surface area contributed by atoms with Crippen LogP contribution in [0.25, 0.3) is 0 Å². The van der Waals surface area contributed by atoms with E-state index in [4.69, 9.17) is 0 Å². The van der Waals surface area contributed by atoms with E-state index in [1.165, 1.54) is 30.0 Å². The summed E-state index contributed by atoms with van der Waals surface area (Å²) in [5, 5.41) is 5.02. The predicted octanol–water partition coefficient (Wildman–Crippen LogP) is 2.45. The fourth-order valence-corrected chi connectivity index (χ4v) is 3.17. The highest BCUT2D eigenvalue weighted by Crippen LogP contribution is 2.36. The Morgan fingerprint density at radius 3 is 2.59 bits per heavy atom. The fraction of sp³-hybridized carbons (Fsp3) is 0.250. The number of piperazine rings is 1. The summed E-state index contributed by atoms with van der Waals surface area (Å²) in [6, 6.07) is 11.9. The topological polar surface area (TPSA) is 87.7 Å². The largest absolute Gasteiger partial charge is 0.434 e.